The fourth-order valence-electron chi connectivity index (χ4n) is 2.65. The number of carbonyl (C=O) groups excluding carboxylic acids is 1. The summed E-state index contributed by atoms with van der Waals surface area (Å²) >= 11 is 0. The van der Waals surface area contributed by atoms with Gasteiger partial charge in [-0.3, -0.25) is 10.1 Å². The van der Waals surface area contributed by atoms with Crippen LogP contribution >= 0.6 is 0 Å². The summed E-state index contributed by atoms with van der Waals surface area (Å²) in [5.74, 6) is -0.831. The molecule has 0 radical (unpaired) electrons. The van der Waals surface area contributed by atoms with Crippen molar-refractivity contribution in [3.05, 3.63) is 76.3 Å². The summed E-state index contributed by atoms with van der Waals surface area (Å²) in [4.78, 5) is 24.5. The first-order chi connectivity index (χ1) is 11.5. The Morgan fingerprint density at radius 2 is 1.67 bits per heavy atom. The van der Waals surface area contributed by atoms with Crippen molar-refractivity contribution in [1.82, 2.24) is 0 Å². The zero-order chi connectivity index (χ0) is 17.5. The van der Waals surface area contributed by atoms with Crippen LogP contribution in [-0.2, 0) is 9.53 Å². The highest BCUT2D eigenvalue weighted by atomic mass is 16.6. The number of anilines is 1. The lowest BCUT2D eigenvalue weighted by Crippen LogP contribution is -2.36. The van der Waals surface area contributed by atoms with E-state index in [1.165, 1.54) is 0 Å². The monoisotopic (exact) mass is 328 g/mol. The van der Waals surface area contributed by atoms with Gasteiger partial charge in [-0.2, -0.15) is 0 Å². The van der Waals surface area contributed by atoms with E-state index in [1.807, 2.05) is 72.6 Å². The van der Waals surface area contributed by atoms with E-state index >= 15 is 0 Å². The van der Waals surface area contributed by atoms with Crippen LogP contribution in [0.1, 0.15) is 18.0 Å². The molecule has 2 rings (SSSR count). The van der Waals surface area contributed by atoms with Gasteiger partial charge in [-0.25, -0.2) is 4.79 Å². The molecule has 126 valence electrons. The van der Waals surface area contributed by atoms with Gasteiger partial charge in [0.05, 0.1) is 19.6 Å². The van der Waals surface area contributed by atoms with Crippen LogP contribution in [0.4, 0.5) is 5.69 Å². The maximum absolute atomic E-state index is 11.8. The van der Waals surface area contributed by atoms with Crippen molar-refractivity contribution in [2.24, 2.45) is 0 Å². The summed E-state index contributed by atoms with van der Waals surface area (Å²) in [6.45, 7) is 0. The van der Waals surface area contributed by atoms with Crippen molar-refractivity contribution < 1.29 is 14.5 Å². The highest BCUT2D eigenvalue weighted by Crippen LogP contribution is 2.30. The summed E-state index contributed by atoms with van der Waals surface area (Å²) in [5.41, 5.74) is 1.82. The molecular weight excluding hydrogens is 308 g/mol. The van der Waals surface area contributed by atoms with Crippen LogP contribution in [0, 0.1) is 10.1 Å². The van der Waals surface area contributed by atoms with Crippen molar-refractivity contribution in [1.29, 1.82) is 0 Å². The molecule has 24 heavy (non-hydrogen) atoms. The Hall–Kier alpha value is -2.89. The Balaban J connectivity index is 2.36. The van der Waals surface area contributed by atoms with E-state index in [9.17, 15) is 14.9 Å². The van der Waals surface area contributed by atoms with Gasteiger partial charge < -0.3 is 9.64 Å². The molecule has 0 aliphatic carbocycles. The Bertz CT molecular complexity index is 676. The van der Waals surface area contributed by atoms with Crippen molar-refractivity contribution in [2.45, 2.75) is 18.5 Å². The van der Waals surface area contributed by atoms with E-state index in [2.05, 4.69) is 4.74 Å². The van der Waals surface area contributed by atoms with Crippen LogP contribution in [0.2, 0.25) is 0 Å². The predicted octanol–water partition coefficient (Wildman–Crippen LogP) is 3.07. The molecule has 6 nitrogen and oxygen atoms in total. The summed E-state index contributed by atoms with van der Waals surface area (Å²) in [7, 11) is 3.03. The molecule has 0 heterocycles. The minimum Gasteiger partial charge on any atom is -0.464 e. The molecule has 0 aromatic heterocycles. The molecule has 2 aromatic rings. The Labute approximate surface area is 140 Å². The fraction of sp³-hybridized carbons (Fsp3) is 0.278. The number of hydrogen-bond donors (Lipinski definition) is 0. The number of para-hydroxylation sites is 1. The number of ether oxygens (including phenoxy) is 1. The second-order valence-electron chi connectivity index (χ2n) is 5.43. The Kier molecular flexibility index (Phi) is 5.89. The zero-order valence-electron chi connectivity index (χ0n) is 13.7. The highest BCUT2D eigenvalue weighted by Gasteiger charge is 2.36. The SMILES string of the molecule is COC(=O)C(CC(c1ccccc1)N(C)c1ccccc1)[N+](=O)[O-]. The van der Waals surface area contributed by atoms with Gasteiger partial charge in [-0.1, -0.05) is 48.5 Å². The van der Waals surface area contributed by atoms with E-state index in [4.69, 9.17) is 0 Å². The summed E-state index contributed by atoms with van der Waals surface area (Å²) in [5, 5.41) is 11.3. The van der Waals surface area contributed by atoms with Crippen LogP contribution in [0.15, 0.2) is 60.7 Å². The molecule has 0 amide bonds. The van der Waals surface area contributed by atoms with Gasteiger partial charge in [-0.15, -0.1) is 0 Å². The Morgan fingerprint density at radius 1 is 1.12 bits per heavy atom. The lowest BCUT2D eigenvalue weighted by Gasteiger charge is -2.30. The van der Waals surface area contributed by atoms with Crippen molar-refractivity contribution >= 4 is 11.7 Å². The quantitative estimate of drug-likeness (QED) is 0.444. The van der Waals surface area contributed by atoms with Crippen LogP contribution in [0.3, 0.4) is 0 Å². The molecule has 2 unspecified atom stereocenters. The molecule has 0 aliphatic rings. The molecule has 2 atom stereocenters. The summed E-state index contributed by atoms with van der Waals surface area (Å²) in [6.07, 6.45) is 0.0229. The number of rotatable bonds is 7. The minimum atomic E-state index is -1.41. The number of esters is 1. The second-order valence-corrected chi connectivity index (χ2v) is 5.43. The van der Waals surface area contributed by atoms with Gasteiger partial charge in [0.1, 0.15) is 0 Å². The molecule has 0 saturated heterocycles. The second kappa shape index (κ2) is 8.10. The van der Waals surface area contributed by atoms with Crippen molar-refractivity contribution in [3.8, 4) is 0 Å². The third-order valence-corrected chi connectivity index (χ3v) is 3.99. The van der Waals surface area contributed by atoms with Gasteiger partial charge in [-0.05, 0) is 17.7 Å². The average molecular weight is 328 g/mol. The summed E-state index contributed by atoms with van der Waals surface area (Å²) in [6, 6.07) is 17.3. The highest BCUT2D eigenvalue weighted by molar-refractivity contribution is 5.74. The third kappa shape index (κ3) is 4.10. The first kappa shape index (κ1) is 17.5. The number of nitro groups is 1. The molecule has 0 fully saturated rings. The molecule has 6 heteroatoms. The fourth-order valence-corrected chi connectivity index (χ4v) is 2.65. The molecule has 2 aromatic carbocycles. The van der Waals surface area contributed by atoms with Crippen LogP contribution in [0.5, 0.6) is 0 Å². The minimum absolute atomic E-state index is 0.0229. The first-order valence-corrected chi connectivity index (χ1v) is 7.58. The maximum Gasteiger partial charge on any atom is 0.381 e. The topological polar surface area (TPSA) is 72.7 Å². The first-order valence-electron chi connectivity index (χ1n) is 7.58. The van der Waals surface area contributed by atoms with Gasteiger partial charge >= 0.3 is 12.0 Å². The number of carbonyl (C=O) groups is 1. The normalized spacial score (nSPS) is 12.9. The molecule has 0 N–H and O–H groups in total. The standard InChI is InChI=1S/C18H20N2O4/c1-19(15-11-7-4-8-12-15)16(14-9-5-3-6-10-14)13-17(20(22)23)18(21)24-2/h3-12,16-17H,13H2,1-2H3. The molecular formula is C18H20N2O4. The molecule has 0 spiro atoms. The van der Waals surface area contributed by atoms with Crippen molar-refractivity contribution in [3.63, 3.8) is 0 Å². The molecule has 0 saturated carbocycles. The average Bonchev–Trinajstić information content (AvgIpc) is 2.62. The van der Waals surface area contributed by atoms with Crippen LogP contribution < -0.4 is 4.90 Å². The predicted molar refractivity (Wildman–Crippen MR) is 91.4 cm³/mol. The van der Waals surface area contributed by atoms with E-state index in [1.54, 1.807) is 0 Å². The van der Waals surface area contributed by atoms with E-state index in [0.29, 0.717) is 0 Å². The smallest absolute Gasteiger partial charge is 0.381 e. The maximum atomic E-state index is 11.8. The number of benzene rings is 2. The zero-order valence-corrected chi connectivity index (χ0v) is 13.7. The number of nitrogens with zero attached hydrogens (tertiary/aromatic N) is 2. The van der Waals surface area contributed by atoms with E-state index in [-0.39, 0.29) is 12.5 Å². The molecule has 0 bridgehead atoms. The Morgan fingerprint density at radius 3 is 2.17 bits per heavy atom. The summed E-state index contributed by atoms with van der Waals surface area (Å²) < 4.78 is 4.60. The lowest BCUT2D eigenvalue weighted by molar-refractivity contribution is -0.511. The molecule has 0 aliphatic heterocycles. The van der Waals surface area contributed by atoms with Gasteiger partial charge in [0, 0.05) is 17.7 Å². The van der Waals surface area contributed by atoms with Crippen LogP contribution in [-0.4, -0.2) is 31.1 Å². The van der Waals surface area contributed by atoms with Gasteiger partial charge in [0.15, 0.2) is 0 Å². The largest absolute Gasteiger partial charge is 0.464 e. The van der Waals surface area contributed by atoms with Gasteiger partial charge in [0.25, 0.3) is 0 Å². The van der Waals surface area contributed by atoms with Gasteiger partial charge in [0.2, 0.25) is 0 Å². The van der Waals surface area contributed by atoms with E-state index < -0.39 is 16.9 Å². The van der Waals surface area contributed by atoms with Crippen LogP contribution in [0.25, 0.3) is 0 Å². The lowest BCUT2D eigenvalue weighted by atomic mass is 9.97. The van der Waals surface area contributed by atoms with E-state index in [0.717, 1.165) is 18.4 Å². The number of hydrogen-bond acceptors (Lipinski definition) is 5. The van der Waals surface area contributed by atoms with Crippen molar-refractivity contribution in [2.75, 3.05) is 19.1 Å². The number of methoxy groups -OCH3 is 1. The third-order valence-electron chi connectivity index (χ3n) is 3.99.